The number of nitrogens with zero attached hydrogens (tertiary/aromatic N) is 3. The van der Waals surface area contributed by atoms with E-state index >= 15 is 0 Å². The van der Waals surface area contributed by atoms with E-state index in [0.29, 0.717) is 44.6 Å². The van der Waals surface area contributed by atoms with Crippen molar-refractivity contribution in [3.63, 3.8) is 0 Å². The predicted molar refractivity (Wildman–Crippen MR) is 146 cm³/mol. The molecule has 0 N–H and O–H groups in total. The standard InChI is InChI=1S/C29H36FN3O4S/c1-3-37-27(35)10-6-7-15-33-17-13-23(31-33)18-22-19-32(16-14-26(22)38-20(2)34)28(29(36)21-11-12-21)24-8-4-5-9-25(24)30/h4-5,8-9,13,17-18,21,26,28H,3,6-7,10-12,14-16,19H2,1-2H3. The molecule has 2 unspecified atom stereocenters. The molecule has 1 aliphatic carbocycles. The number of carbonyl (C=O) groups excluding carboxylic acids is 3. The molecular formula is C29H36FN3O4S. The largest absolute Gasteiger partial charge is 0.466 e. The van der Waals surface area contributed by atoms with Crippen LogP contribution >= 0.6 is 11.8 Å². The summed E-state index contributed by atoms with van der Waals surface area (Å²) in [6, 6.07) is 7.84. The smallest absolute Gasteiger partial charge is 0.305 e. The molecule has 1 saturated carbocycles. The Hall–Kier alpha value is -2.78. The number of hydrogen-bond donors (Lipinski definition) is 0. The van der Waals surface area contributed by atoms with E-state index in [4.69, 9.17) is 4.74 Å². The Bertz CT molecular complexity index is 1180. The number of Topliss-reactive ketones (excluding diaryl/α,β-unsaturated/α-hetero) is 1. The lowest BCUT2D eigenvalue weighted by Gasteiger charge is -2.38. The van der Waals surface area contributed by atoms with E-state index < -0.39 is 6.04 Å². The highest BCUT2D eigenvalue weighted by molar-refractivity contribution is 8.14. The summed E-state index contributed by atoms with van der Waals surface area (Å²) in [6.45, 7) is 5.52. The number of hydrogen-bond acceptors (Lipinski definition) is 7. The van der Waals surface area contributed by atoms with Crippen LogP contribution in [-0.2, 0) is 25.7 Å². The molecule has 4 rings (SSSR count). The average molecular weight is 542 g/mol. The molecule has 0 spiro atoms. The molecule has 2 atom stereocenters. The number of piperidine rings is 1. The third-order valence-corrected chi connectivity index (χ3v) is 8.07. The fraction of sp³-hybridized carbons (Fsp3) is 0.517. The monoisotopic (exact) mass is 541 g/mol. The second-order valence-corrected chi connectivity index (χ2v) is 11.3. The first-order valence-corrected chi connectivity index (χ1v) is 14.3. The van der Waals surface area contributed by atoms with Crippen LogP contribution in [0.3, 0.4) is 0 Å². The van der Waals surface area contributed by atoms with E-state index in [-0.39, 0.29) is 33.9 Å². The zero-order valence-electron chi connectivity index (χ0n) is 22.1. The summed E-state index contributed by atoms with van der Waals surface area (Å²) in [5.74, 6) is -0.461. The quantitative estimate of drug-likeness (QED) is 0.269. The molecule has 2 aliphatic rings. The van der Waals surface area contributed by atoms with Gasteiger partial charge in [-0.3, -0.25) is 24.0 Å². The number of halogens is 1. The SMILES string of the molecule is CCOC(=O)CCCCn1ccc(C=C2CN(C(C(=O)C3CC3)c3ccccc3F)CCC2SC(C)=O)n1. The Balaban J connectivity index is 1.50. The fourth-order valence-corrected chi connectivity index (χ4v) is 5.86. The summed E-state index contributed by atoms with van der Waals surface area (Å²) in [7, 11) is 0. The minimum absolute atomic E-state index is 0.00381. The van der Waals surface area contributed by atoms with E-state index in [1.165, 1.54) is 17.8 Å². The maximum Gasteiger partial charge on any atom is 0.305 e. The van der Waals surface area contributed by atoms with E-state index in [1.54, 1.807) is 32.0 Å². The van der Waals surface area contributed by atoms with Crippen LogP contribution in [0.4, 0.5) is 4.39 Å². The molecular weight excluding hydrogens is 505 g/mol. The van der Waals surface area contributed by atoms with E-state index in [9.17, 15) is 18.8 Å². The van der Waals surface area contributed by atoms with Crippen molar-refractivity contribution in [2.45, 2.75) is 70.2 Å². The van der Waals surface area contributed by atoms with Gasteiger partial charge in [0.05, 0.1) is 18.3 Å². The Labute approximate surface area is 227 Å². The van der Waals surface area contributed by atoms with E-state index in [0.717, 1.165) is 37.0 Å². The molecule has 1 aromatic heterocycles. The van der Waals surface area contributed by atoms with Crippen LogP contribution in [0.2, 0.25) is 0 Å². The normalized spacial score (nSPS) is 19.9. The molecule has 2 heterocycles. The van der Waals surface area contributed by atoms with Gasteiger partial charge in [-0.1, -0.05) is 30.0 Å². The molecule has 1 aliphatic heterocycles. The Morgan fingerprint density at radius 2 is 1.97 bits per heavy atom. The summed E-state index contributed by atoms with van der Waals surface area (Å²) in [5.41, 5.74) is 2.21. The maximum absolute atomic E-state index is 14.9. The zero-order valence-corrected chi connectivity index (χ0v) is 22.9. The molecule has 7 nitrogen and oxygen atoms in total. The van der Waals surface area contributed by atoms with Crippen LogP contribution in [0.15, 0.2) is 42.1 Å². The van der Waals surface area contributed by atoms with Gasteiger partial charge in [-0.15, -0.1) is 0 Å². The van der Waals surface area contributed by atoms with Crippen LogP contribution in [0.25, 0.3) is 6.08 Å². The minimum Gasteiger partial charge on any atom is -0.466 e. The third-order valence-electron chi connectivity index (χ3n) is 6.92. The summed E-state index contributed by atoms with van der Waals surface area (Å²) >= 11 is 1.30. The van der Waals surface area contributed by atoms with Crippen molar-refractivity contribution >= 4 is 34.7 Å². The number of esters is 1. The van der Waals surface area contributed by atoms with Gasteiger partial charge in [0.15, 0.2) is 10.9 Å². The van der Waals surface area contributed by atoms with Crippen molar-refractivity contribution < 1.29 is 23.5 Å². The molecule has 0 amide bonds. The van der Waals surface area contributed by atoms with Gasteiger partial charge >= 0.3 is 5.97 Å². The number of aryl methyl sites for hydroxylation is 1. The van der Waals surface area contributed by atoms with Gasteiger partial charge in [0.25, 0.3) is 0 Å². The average Bonchev–Trinajstić information content (AvgIpc) is 3.64. The van der Waals surface area contributed by atoms with Gasteiger partial charge in [-0.05, 0) is 62.8 Å². The van der Waals surface area contributed by atoms with Crippen LogP contribution in [0.5, 0.6) is 0 Å². The van der Waals surface area contributed by atoms with E-state index in [1.807, 2.05) is 23.0 Å². The summed E-state index contributed by atoms with van der Waals surface area (Å²) in [4.78, 5) is 39.0. The second kappa shape index (κ2) is 13.3. The number of rotatable bonds is 12. The summed E-state index contributed by atoms with van der Waals surface area (Å²) in [6.07, 6.45) is 8.25. The van der Waals surface area contributed by atoms with Crippen molar-refractivity contribution in [1.29, 1.82) is 0 Å². The number of benzene rings is 1. The van der Waals surface area contributed by atoms with Crippen molar-refractivity contribution in [2.24, 2.45) is 5.92 Å². The summed E-state index contributed by atoms with van der Waals surface area (Å²) < 4.78 is 21.7. The Kier molecular flexibility index (Phi) is 9.91. The Morgan fingerprint density at radius 1 is 1.18 bits per heavy atom. The number of thioether (sulfide) groups is 1. The lowest BCUT2D eigenvalue weighted by Crippen LogP contribution is -2.43. The maximum atomic E-state index is 14.9. The van der Waals surface area contributed by atoms with Crippen molar-refractivity contribution in [3.05, 3.63) is 59.2 Å². The van der Waals surface area contributed by atoms with Crippen molar-refractivity contribution in [2.75, 3.05) is 19.7 Å². The third kappa shape index (κ3) is 7.63. The predicted octanol–water partition coefficient (Wildman–Crippen LogP) is 5.21. The molecule has 2 aromatic rings. The first-order chi connectivity index (χ1) is 18.4. The number of carbonyl (C=O) groups is 3. The number of unbranched alkanes of at least 4 members (excludes halogenated alkanes) is 1. The van der Waals surface area contributed by atoms with Gasteiger partial charge in [0.1, 0.15) is 5.82 Å². The van der Waals surface area contributed by atoms with Crippen LogP contribution in [0.1, 0.15) is 69.7 Å². The van der Waals surface area contributed by atoms with Gasteiger partial charge < -0.3 is 4.74 Å². The number of likely N-dealkylation sites (tertiary alicyclic amines) is 1. The van der Waals surface area contributed by atoms with Gasteiger partial charge in [0, 0.05) is 55.9 Å². The molecule has 204 valence electrons. The number of ketones is 1. The highest BCUT2D eigenvalue weighted by Crippen LogP contribution is 2.40. The Morgan fingerprint density at radius 3 is 2.68 bits per heavy atom. The van der Waals surface area contributed by atoms with Crippen LogP contribution < -0.4 is 0 Å². The first-order valence-electron chi connectivity index (χ1n) is 13.4. The molecule has 38 heavy (non-hydrogen) atoms. The summed E-state index contributed by atoms with van der Waals surface area (Å²) in [5, 5.41) is 4.70. The van der Waals surface area contributed by atoms with Crippen LogP contribution in [0, 0.1) is 11.7 Å². The molecule has 9 heteroatoms. The van der Waals surface area contributed by atoms with Crippen molar-refractivity contribution in [3.8, 4) is 0 Å². The molecule has 1 aromatic carbocycles. The molecule has 0 bridgehead atoms. The van der Waals surface area contributed by atoms with Gasteiger partial charge in [-0.2, -0.15) is 5.10 Å². The molecule has 1 saturated heterocycles. The zero-order chi connectivity index (χ0) is 27.1. The highest BCUT2D eigenvalue weighted by Gasteiger charge is 2.41. The second-order valence-electron chi connectivity index (χ2n) is 9.94. The topological polar surface area (TPSA) is 81.5 Å². The van der Waals surface area contributed by atoms with Crippen LogP contribution in [-0.4, -0.2) is 56.5 Å². The van der Waals surface area contributed by atoms with Gasteiger partial charge in [-0.25, -0.2) is 4.39 Å². The lowest BCUT2D eigenvalue weighted by atomic mass is 9.93. The number of ether oxygens (including phenoxy) is 1. The molecule has 2 fully saturated rings. The first kappa shape index (κ1) is 28.2. The van der Waals surface area contributed by atoms with Crippen molar-refractivity contribution in [1.82, 2.24) is 14.7 Å². The molecule has 0 radical (unpaired) electrons. The lowest BCUT2D eigenvalue weighted by molar-refractivity contribution is -0.143. The number of aromatic nitrogens is 2. The minimum atomic E-state index is -0.632. The highest BCUT2D eigenvalue weighted by atomic mass is 32.2. The fourth-order valence-electron chi connectivity index (χ4n) is 4.94. The van der Waals surface area contributed by atoms with E-state index in [2.05, 4.69) is 10.00 Å². The van der Waals surface area contributed by atoms with Gasteiger partial charge in [0.2, 0.25) is 0 Å².